The lowest BCUT2D eigenvalue weighted by Crippen LogP contribution is -2.39. The van der Waals surface area contributed by atoms with Crippen LogP contribution in [0.2, 0.25) is 4.34 Å². The zero-order chi connectivity index (χ0) is 21.0. The van der Waals surface area contributed by atoms with Gasteiger partial charge in [0.25, 0.3) is 0 Å². The maximum absolute atomic E-state index is 12.7. The molecule has 0 N–H and O–H groups in total. The fourth-order valence-corrected chi connectivity index (χ4v) is 4.31. The summed E-state index contributed by atoms with van der Waals surface area (Å²) in [6.45, 7) is 3.52. The molecule has 29 heavy (non-hydrogen) atoms. The quantitative estimate of drug-likeness (QED) is 0.696. The monoisotopic (exact) mass is 446 g/mol. The largest absolute Gasteiger partial charge is 0.417 e. The summed E-state index contributed by atoms with van der Waals surface area (Å²) in [5, 5.41) is 0. The second-order valence-electron chi connectivity index (χ2n) is 6.98. The van der Waals surface area contributed by atoms with Crippen LogP contribution in [-0.2, 0) is 17.5 Å². The molecule has 158 valence electrons. The van der Waals surface area contributed by atoms with Crippen LogP contribution in [0.15, 0.2) is 30.5 Å². The number of amides is 1. The minimum Gasteiger partial charge on any atom is -0.355 e. The average molecular weight is 447 g/mol. The van der Waals surface area contributed by atoms with Gasteiger partial charge in [0.2, 0.25) is 5.91 Å². The molecular weight excluding hydrogens is 425 g/mol. The van der Waals surface area contributed by atoms with Crippen LogP contribution >= 0.6 is 22.9 Å². The van der Waals surface area contributed by atoms with Gasteiger partial charge < -0.3 is 9.80 Å². The van der Waals surface area contributed by atoms with E-state index >= 15 is 0 Å². The van der Waals surface area contributed by atoms with Gasteiger partial charge in [0.15, 0.2) is 0 Å². The van der Waals surface area contributed by atoms with Crippen molar-refractivity contribution in [1.29, 1.82) is 0 Å². The summed E-state index contributed by atoms with van der Waals surface area (Å²) in [5.41, 5.74) is -0.752. The third-order valence-corrected chi connectivity index (χ3v) is 6.01. The summed E-state index contributed by atoms with van der Waals surface area (Å²) >= 11 is 7.39. The Hall–Kier alpha value is -1.84. The lowest BCUT2D eigenvalue weighted by molar-refractivity contribution is -0.137. The van der Waals surface area contributed by atoms with Crippen molar-refractivity contribution in [1.82, 2.24) is 14.8 Å². The van der Waals surface area contributed by atoms with Crippen LogP contribution in [0.3, 0.4) is 0 Å². The molecule has 0 radical (unpaired) electrons. The van der Waals surface area contributed by atoms with Crippen molar-refractivity contribution in [3.8, 4) is 0 Å². The van der Waals surface area contributed by atoms with E-state index < -0.39 is 11.7 Å². The maximum atomic E-state index is 12.7. The van der Waals surface area contributed by atoms with Gasteiger partial charge >= 0.3 is 6.18 Å². The molecule has 0 aromatic carbocycles. The Morgan fingerprint density at radius 3 is 2.62 bits per heavy atom. The summed E-state index contributed by atoms with van der Waals surface area (Å²) in [5.74, 6) is 0.550. The molecule has 1 amide bonds. The van der Waals surface area contributed by atoms with Crippen molar-refractivity contribution in [2.45, 2.75) is 19.1 Å². The standard InChI is InChI=1S/C19H22ClF3N4OS/c1-25(12-15-4-5-16(20)29-15)18(28)13-26-7-2-8-27(10-9-26)17-6-3-14(11-24-17)19(21,22)23/h3-6,11H,2,7-10,12-13H2,1H3. The van der Waals surface area contributed by atoms with Gasteiger partial charge in [0.05, 0.1) is 23.0 Å². The van der Waals surface area contributed by atoms with Gasteiger partial charge in [-0.25, -0.2) is 4.98 Å². The maximum Gasteiger partial charge on any atom is 0.417 e. The highest BCUT2D eigenvalue weighted by molar-refractivity contribution is 7.16. The van der Waals surface area contributed by atoms with Gasteiger partial charge in [-0.3, -0.25) is 9.69 Å². The molecule has 0 aliphatic carbocycles. The Balaban J connectivity index is 1.52. The number of alkyl halides is 3. The molecule has 0 bridgehead atoms. The second-order valence-corrected chi connectivity index (χ2v) is 8.77. The number of pyridine rings is 1. The Morgan fingerprint density at radius 2 is 2.00 bits per heavy atom. The molecule has 0 saturated carbocycles. The normalized spacial score (nSPS) is 16.0. The number of rotatable bonds is 5. The number of carbonyl (C=O) groups excluding carboxylic acids is 1. The first kappa shape index (κ1) is 21.9. The van der Waals surface area contributed by atoms with E-state index in [2.05, 4.69) is 9.88 Å². The van der Waals surface area contributed by atoms with Crippen molar-refractivity contribution < 1.29 is 18.0 Å². The Kier molecular flexibility index (Phi) is 7.02. The van der Waals surface area contributed by atoms with E-state index in [9.17, 15) is 18.0 Å². The number of thiophene rings is 1. The van der Waals surface area contributed by atoms with Crippen molar-refractivity contribution >= 4 is 34.7 Å². The van der Waals surface area contributed by atoms with Gasteiger partial charge in [0.1, 0.15) is 5.82 Å². The number of anilines is 1. The van der Waals surface area contributed by atoms with Gasteiger partial charge in [-0.1, -0.05) is 11.6 Å². The highest BCUT2D eigenvalue weighted by Gasteiger charge is 2.31. The smallest absolute Gasteiger partial charge is 0.355 e. The first-order valence-electron chi connectivity index (χ1n) is 9.21. The third kappa shape index (κ3) is 6.07. The minimum absolute atomic E-state index is 0.0237. The van der Waals surface area contributed by atoms with E-state index in [1.807, 2.05) is 17.0 Å². The van der Waals surface area contributed by atoms with Crippen molar-refractivity contribution in [2.24, 2.45) is 0 Å². The van der Waals surface area contributed by atoms with E-state index in [-0.39, 0.29) is 5.91 Å². The number of halogens is 4. The predicted octanol–water partition coefficient (Wildman–Crippen LogP) is 3.99. The fourth-order valence-electron chi connectivity index (χ4n) is 3.17. The molecule has 3 rings (SSSR count). The summed E-state index contributed by atoms with van der Waals surface area (Å²) in [7, 11) is 1.77. The molecule has 0 spiro atoms. The second kappa shape index (κ2) is 9.32. The van der Waals surface area contributed by atoms with Crippen molar-refractivity contribution in [2.75, 3.05) is 44.7 Å². The molecule has 1 aliphatic heterocycles. The van der Waals surface area contributed by atoms with E-state index in [0.717, 1.165) is 30.1 Å². The van der Waals surface area contributed by atoms with E-state index in [0.29, 0.717) is 42.9 Å². The van der Waals surface area contributed by atoms with Crippen LogP contribution in [0, 0.1) is 0 Å². The summed E-state index contributed by atoms with van der Waals surface area (Å²) in [6, 6.07) is 6.19. The van der Waals surface area contributed by atoms with E-state index in [1.165, 1.54) is 17.4 Å². The van der Waals surface area contributed by atoms with Crippen LogP contribution < -0.4 is 4.90 Å². The number of hydrogen-bond acceptors (Lipinski definition) is 5. The number of aromatic nitrogens is 1. The SMILES string of the molecule is CN(Cc1ccc(Cl)s1)C(=O)CN1CCCN(c2ccc(C(F)(F)F)cn2)CC1. The molecule has 10 heteroatoms. The number of hydrogen-bond donors (Lipinski definition) is 0. The number of nitrogens with zero attached hydrogens (tertiary/aromatic N) is 4. The Morgan fingerprint density at radius 1 is 1.21 bits per heavy atom. The molecule has 2 aromatic heterocycles. The van der Waals surface area contributed by atoms with Crippen LogP contribution in [0.25, 0.3) is 0 Å². The van der Waals surface area contributed by atoms with Gasteiger partial charge in [-0.05, 0) is 30.7 Å². The molecule has 1 aliphatic rings. The molecule has 0 atom stereocenters. The first-order chi connectivity index (χ1) is 13.7. The van der Waals surface area contributed by atoms with Crippen LogP contribution in [-0.4, -0.2) is 60.5 Å². The fraction of sp³-hybridized carbons (Fsp3) is 0.474. The molecular formula is C19H22ClF3N4OS. The molecule has 3 heterocycles. The molecule has 1 saturated heterocycles. The zero-order valence-corrected chi connectivity index (χ0v) is 17.5. The zero-order valence-electron chi connectivity index (χ0n) is 16.0. The summed E-state index contributed by atoms with van der Waals surface area (Å²) < 4.78 is 38.8. The predicted molar refractivity (Wildman–Crippen MR) is 108 cm³/mol. The van der Waals surface area contributed by atoms with Gasteiger partial charge in [-0.15, -0.1) is 11.3 Å². The van der Waals surface area contributed by atoms with Crippen LogP contribution in [0.1, 0.15) is 16.9 Å². The van der Waals surface area contributed by atoms with Gasteiger partial charge in [0, 0.05) is 44.3 Å². The molecule has 0 unspecified atom stereocenters. The molecule has 2 aromatic rings. The summed E-state index contributed by atoms with van der Waals surface area (Å²) in [6.07, 6.45) is -2.71. The highest BCUT2D eigenvalue weighted by atomic mass is 35.5. The van der Waals surface area contributed by atoms with E-state index in [4.69, 9.17) is 11.6 Å². The van der Waals surface area contributed by atoms with E-state index in [1.54, 1.807) is 11.9 Å². The Labute approximate surface area is 176 Å². The van der Waals surface area contributed by atoms with Crippen LogP contribution in [0.5, 0.6) is 0 Å². The highest BCUT2D eigenvalue weighted by Crippen LogP contribution is 2.29. The average Bonchev–Trinajstić information content (AvgIpc) is 2.94. The third-order valence-electron chi connectivity index (χ3n) is 4.79. The van der Waals surface area contributed by atoms with Crippen molar-refractivity contribution in [3.63, 3.8) is 0 Å². The van der Waals surface area contributed by atoms with Gasteiger partial charge in [-0.2, -0.15) is 13.2 Å². The lowest BCUT2D eigenvalue weighted by atomic mass is 10.2. The van der Waals surface area contributed by atoms with Crippen LogP contribution in [0.4, 0.5) is 19.0 Å². The Bertz CT molecular complexity index is 828. The molecule has 5 nitrogen and oxygen atoms in total. The number of likely N-dealkylation sites (N-methyl/N-ethyl adjacent to an activating group) is 1. The first-order valence-corrected chi connectivity index (χ1v) is 10.4. The number of carbonyl (C=O) groups is 1. The summed E-state index contributed by atoms with van der Waals surface area (Å²) in [4.78, 5) is 23.3. The topological polar surface area (TPSA) is 39.7 Å². The minimum atomic E-state index is -4.39. The van der Waals surface area contributed by atoms with Crippen molar-refractivity contribution in [3.05, 3.63) is 45.2 Å². The molecule has 1 fully saturated rings. The lowest BCUT2D eigenvalue weighted by Gasteiger charge is -2.24.